The predicted octanol–water partition coefficient (Wildman–Crippen LogP) is 4.61. The molecule has 0 aliphatic rings. The van der Waals surface area contributed by atoms with Crippen molar-refractivity contribution >= 4 is 11.0 Å². The number of alkyl halides is 3. The Morgan fingerprint density at radius 3 is 2.47 bits per heavy atom. The van der Waals surface area contributed by atoms with Crippen LogP contribution < -0.4 is 14.0 Å². The SMILES string of the molecule is COc1ccc(F)c(-c2nc3cc[n+](Cc4ccc(OC(F)(F)F)cc4)cc3[nH]2)c1. The molecule has 0 unspecified atom stereocenters. The van der Waals surface area contributed by atoms with Gasteiger partial charge in [-0.1, -0.05) is 0 Å². The zero-order valence-corrected chi connectivity index (χ0v) is 15.7. The number of aromatic amines is 1. The Morgan fingerprint density at radius 1 is 1.03 bits per heavy atom. The molecular weight excluding hydrogens is 402 g/mol. The number of nitrogens with one attached hydrogen (secondary N) is 1. The summed E-state index contributed by atoms with van der Waals surface area (Å²) in [5.41, 5.74) is 2.41. The minimum absolute atomic E-state index is 0.273. The van der Waals surface area contributed by atoms with E-state index < -0.39 is 12.2 Å². The molecule has 30 heavy (non-hydrogen) atoms. The van der Waals surface area contributed by atoms with E-state index in [2.05, 4.69) is 14.7 Å². The van der Waals surface area contributed by atoms with Gasteiger partial charge in [-0.25, -0.2) is 9.37 Å². The summed E-state index contributed by atoms with van der Waals surface area (Å²) in [6, 6.07) is 11.8. The fourth-order valence-electron chi connectivity index (χ4n) is 3.05. The van der Waals surface area contributed by atoms with Gasteiger partial charge in [-0.15, -0.1) is 13.2 Å². The zero-order chi connectivity index (χ0) is 21.3. The van der Waals surface area contributed by atoms with Crippen molar-refractivity contribution in [1.82, 2.24) is 9.97 Å². The van der Waals surface area contributed by atoms with E-state index in [0.29, 0.717) is 29.2 Å². The van der Waals surface area contributed by atoms with E-state index in [0.717, 1.165) is 5.56 Å². The highest BCUT2D eigenvalue weighted by molar-refractivity contribution is 5.78. The van der Waals surface area contributed by atoms with Crippen LogP contribution in [0, 0.1) is 5.82 Å². The Bertz CT molecular complexity index is 1190. The molecule has 0 radical (unpaired) electrons. The van der Waals surface area contributed by atoms with Crippen molar-refractivity contribution in [2.75, 3.05) is 7.11 Å². The second-order valence-electron chi connectivity index (χ2n) is 6.54. The molecule has 5 nitrogen and oxygen atoms in total. The van der Waals surface area contributed by atoms with Crippen LogP contribution in [0.25, 0.3) is 22.4 Å². The van der Waals surface area contributed by atoms with Crippen LogP contribution in [0.15, 0.2) is 60.9 Å². The number of nitrogens with zero attached hydrogens (tertiary/aromatic N) is 2. The van der Waals surface area contributed by atoms with Gasteiger partial charge in [0.1, 0.15) is 34.2 Å². The summed E-state index contributed by atoms with van der Waals surface area (Å²) in [6.45, 7) is 0.421. The fourth-order valence-corrected chi connectivity index (χ4v) is 3.05. The van der Waals surface area contributed by atoms with E-state index in [1.807, 2.05) is 4.57 Å². The lowest BCUT2D eigenvalue weighted by Gasteiger charge is -2.08. The molecule has 2 aromatic carbocycles. The van der Waals surface area contributed by atoms with E-state index in [1.54, 1.807) is 36.7 Å². The van der Waals surface area contributed by atoms with Gasteiger partial charge in [-0.2, -0.15) is 4.57 Å². The lowest BCUT2D eigenvalue weighted by Crippen LogP contribution is -2.33. The number of methoxy groups -OCH3 is 1. The van der Waals surface area contributed by atoms with Crippen LogP contribution >= 0.6 is 0 Å². The lowest BCUT2D eigenvalue weighted by molar-refractivity contribution is -0.687. The zero-order valence-electron chi connectivity index (χ0n) is 15.7. The first-order valence-corrected chi connectivity index (χ1v) is 8.88. The molecule has 2 aromatic heterocycles. The molecule has 0 spiro atoms. The highest BCUT2D eigenvalue weighted by Crippen LogP contribution is 2.26. The molecule has 0 saturated heterocycles. The summed E-state index contributed by atoms with van der Waals surface area (Å²) in [5, 5.41) is 0. The molecule has 0 aliphatic carbocycles. The largest absolute Gasteiger partial charge is 0.573 e. The average Bonchev–Trinajstić information content (AvgIpc) is 3.12. The molecule has 2 heterocycles. The molecule has 0 saturated carbocycles. The minimum atomic E-state index is -4.72. The first kappa shape index (κ1) is 19.7. The van der Waals surface area contributed by atoms with E-state index in [-0.39, 0.29) is 11.3 Å². The molecule has 1 N–H and O–H groups in total. The molecule has 0 aliphatic heterocycles. The van der Waals surface area contributed by atoms with Crippen LogP contribution in [0.1, 0.15) is 5.56 Å². The summed E-state index contributed by atoms with van der Waals surface area (Å²) >= 11 is 0. The van der Waals surface area contributed by atoms with Crippen LogP contribution in [0.5, 0.6) is 11.5 Å². The number of H-pyrrole nitrogens is 1. The van der Waals surface area contributed by atoms with Crippen LogP contribution in [0.3, 0.4) is 0 Å². The number of aromatic nitrogens is 3. The van der Waals surface area contributed by atoms with Crippen molar-refractivity contribution < 1.29 is 31.6 Å². The van der Waals surface area contributed by atoms with Gasteiger partial charge in [-0.05, 0) is 42.5 Å². The lowest BCUT2D eigenvalue weighted by atomic mass is 10.2. The van der Waals surface area contributed by atoms with Gasteiger partial charge in [0.05, 0.1) is 12.7 Å². The smallest absolute Gasteiger partial charge is 0.497 e. The Labute approximate surface area is 168 Å². The van der Waals surface area contributed by atoms with E-state index in [1.165, 1.54) is 31.4 Å². The van der Waals surface area contributed by atoms with E-state index >= 15 is 0 Å². The summed E-state index contributed by atoms with van der Waals surface area (Å²) in [4.78, 5) is 7.52. The normalized spacial score (nSPS) is 11.6. The summed E-state index contributed by atoms with van der Waals surface area (Å²) in [5.74, 6) is 0.182. The number of fused-ring (bicyclic) bond motifs is 1. The molecule has 9 heteroatoms. The highest BCUT2D eigenvalue weighted by atomic mass is 19.4. The predicted molar refractivity (Wildman–Crippen MR) is 100 cm³/mol. The maximum Gasteiger partial charge on any atom is 0.573 e. The number of imidazole rings is 1. The molecule has 0 atom stereocenters. The number of hydrogen-bond acceptors (Lipinski definition) is 3. The van der Waals surface area contributed by atoms with Crippen molar-refractivity contribution in [3.8, 4) is 22.9 Å². The van der Waals surface area contributed by atoms with E-state index in [4.69, 9.17) is 4.74 Å². The molecule has 4 aromatic rings. The van der Waals surface area contributed by atoms with Crippen LogP contribution in [-0.4, -0.2) is 23.4 Å². The Hall–Kier alpha value is -3.62. The molecule has 154 valence electrons. The summed E-state index contributed by atoms with van der Waals surface area (Å²) in [6.07, 6.45) is -1.14. The van der Waals surface area contributed by atoms with E-state index in [9.17, 15) is 17.6 Å². The first-order valence-electron chi connectivity index (χ1n) is 8.88. The fraction of sp³-hybridized carbons (Fsp3) is 0.143. The number of pyridine rings is 1. The number of hydrogen-bond donors (Lipinski definition) is 1. The van der Waals surface area contributed by atoms with Crippen LogP contribution in [0.2, 0.25) is 0 Å². The highest BCUT2D eigenvalue weighted by Gasteiger charge is 2.31. The monoisotopic (exact) mass is 418 g/mol. The van der Waals surface area contributed by atoms with Gasteiger partial charge in [0.15, 0.2) is 18.9 Å². The van der Waals surface area contributed by atoms with Crippen molar-refractivity contribution in [2.45, 2.75) is 12.9 Å². The number of halogens is 4. The third-order valence-corrected chi connectivity index (χ3v) is 4.43. The quantitative estimate of drug-likeness (QED) is 0.380. The number of rotatable bonds is 5. The van der Waals surface area contributed by atoms with Crippen molar-refractivity contribution in [1.29, 1.82) is 0 Å². The van der Waals surface area contributed by atoms with Gasteiger partial charge in [-0.3, -0.25) is 0 Å². The molecule has 0 fully saturated rings. The van der Waals surface area contributed by atoms with Crippen LogP contribution in [-0.2, 0) is 6.54 Å². The number of benzene rings is 2. The van der Waals surface area contributed by atoms with Gasteiger partial charge in [0.25, 0.3) is 0 Å². The Morgan fingerprint density at radius 2 is 1.77 bits per heavy atom. The Kier molecular flexibility index (Phi) is 5.03. The van der Waals surface area contributed by atoms with Crippen LogP contribution in [0.4, 0.5) is 17.6 Å². The van der Waals surface area contributed by atoms with Crippen molar-refractivity contribution in [3.63, 3.8) is 0 Å². The topological polar surface area (TPSA) is 51.0 Å². The maximum absolute atomic E-state index is 14.2. The van der Waals surface area contributed by atoms with Gasteiger partial charge < -0.3 is 14.5 Å². The molecule has 4 rings (SSSR count). The third kappa shape index (κ3) is 4.35. The Balaban J connectivity index is 1.57. The standard InChI is InChI=1S/C21H15F4N3O2/c1-29-15-6-7-17(22)16(10-15)20-26-18-8-9-28(12-19(18)27-20)11-13-2-4-14(5-3-13)30-21(23,24)25/h2-10,12H,11H2,1H3/p+1. The number of ether oxygens (including phenoxy) is 2. The second kappa shape index (κ2) is 7.66. The van der Waals surface area contributed by atoms with Gasteiger partial charge in [0, 0.05) is 11.6 Å². The molecule has 0 bridgehead atoms. The van der Waals surface area contributed by atoms with Crippen molar-refractivity contribution in [3.05, 3.63) is 72.3 Å². The minimum Gasteiger partial charge on any atom is -0.497 e. The van der Waals surface area contributed by atoms with Gasteiger partial charge in [0.2, 0.25) is 0 Å². The van der Waals surface area contributed by atoms with Gasteiger partial charge >= 0.3 is 6.36 Å². The molecule has 0 amide bonds. The molecular formula is C21H16F4N3O2+. The van der Waals surface area contributed by atoms with Crippen molar-refractivity contribution in [2.24, 2.45) is 0 Å². The maximum atomic E-state index is 14.2. The summed E-state index contributed by atoms with van der Waals surface area (Å²) in [7, 11) is 1.50. The third-order valence-electron chi connectivity index (χ3n) is 4.43. The average molecular weight is 418 g/mol. The second-order valence-corrected chi connectivity index (χ2v) is 6.54. The first-order chi connectivity index (χ1) is 14.3. The summed E-state index contributed by atoms with van der Waals surface area (Å²) < 4.78 is 61.9.